The highest BCUT2D eigenvalue weighted by Gasteiger charge is 2.37. The van der Waals surface area contributed by atoms with Crippen molar-refractivity contribution in [1.82, 2.24) is 4.72 Å². The molecule has 1 N–H and O–H groups in total. The molecule has 0 heterocycles. The van der Waals surface area contributed by atoms with Crippen LogP contribution in [0.15, 0.2) is 23.1 Å². The zero-order valence-electron chi connectivity index (χ0n) is 10.1. The Kier molecular flexibility index (Phi) is 4.27. The molecule has 7 heteroatoms. The molecule has 1 aromatic rings. The molecule has 1 aliphatic carbocycles. The Hall–Kier alpha value is -0.530. The average Bonchev–Trinajstić information content (AvgIpc) is 2.80. The van der Waals surface area contributed by atoms with Crippen LogP contribution in [0.3, 0.4) is 0 Å². The number of nitrogens with one attached hydrogen (secondary N) is 1. The fourth-order valence-corrected chi connectivity index (χ4v) is 4.77. The van der Waals surface area contributed by atoms with E-state index in [1.54, 1.807) is 0 Å². The Morgan fingerprint density at radius 1 is 1.26 bits per heavy atom. The number of rotatable bonds is 4. The van der Waals surface area contributed by atoms with E-state index in [4.69, 9.17) is 0 Å². The average molecular weight is 354 g/mol. The van der Waals surface area contributed by atoms with E-state index in [1.165, 1.54) is 0 Å². The lowest BCUT2D eigenvalue weighted by molar-refractivity contribution is 0.435. The summed E-state index contributed by atoms with van der Waals surface area (Å²) in [5.74, 6) is -1.72. The largest absolute Gasteiger partial charge is 0.244 e. The summed E-state index contributed by atoms with van der Waals surface area (Å²) in [6.07, 6.45) is 3.21. The Balaban J connectivity index is 2.34. The minimum Gasteiger partial charge on any atom is -0.207 e. The Morgan fingerprint density at radius 2 is 1.89 bits per heavy atom. The van der Waals surface area contributed by atoms with Crippen molar-refractivity contribution in [3.05, 3.63) is 29.8 Å². The Morgan fingerprint density at radius 3 is 2.47 bits per heavy atom. The molecule has 0 aliphatic heterocycles. The molecular weight excluding hydrogens is 340 g/mol. The van der Waals surface area contributed by atoms with Gasteiger partial charge in [0.25, 0.3) is 0 Å². The van der Waals surface area contributed by atoms with Gasteiger partial charge in [-0.15, -0.1) is 0 Å². The van der Waals surface area contributed by atoms with Crippen molar-refractivity contribution in [3.63, 3.8) is 0 Å². The predicted molar refractivity (Wildman–Crippen MR) is 71.7 cm³/mol. The second kappa shape index (κ2) is 5.46. The monoisotopic (exact) mass is 353 g/mol. The lowest BCUT2D eigenvalue weighted by Crippen LogP contribution is -2.47. The van der Waals surface area contributed by atoms with Gasteiger partial charge in [-0.25, -0.2) is 21.9 Å². The van der Waals surface area contributed by atoms with Crippen molar-refractivity contribution in [3.8, 4) is 0 Å². The molecule has 0 amide bonds. The third-order valence-corrected chi connectivity index (χ3v) is 6.02. The number of alkyl halides is 1. The Labute approximate surface area is 119 Å². The molecule has 0 atom stereocenters. The highest BCUT2D eigenvalue weighted by molar-refractivity contribution is 9.09. The van der Waals surface area contributed by atoms with Gasteiger partial charge < -0.3 is 0 Å². The van der Waals surface area contributed by atoms with Crippen molar-refractivity contribution in [2.24, 2.45) is 0 Å². The summed E-state index contributed by atoms with van der Waals surface area (Å²) in [4.78, 5) is -0.639. The zero-order chi connectivity index (χ0) is 14.1. The predicted octanol–water partition coefficient (Wildman–Crippen LogP) is 2.95. The number of hydrogen-bond donors (Lipinski definition) is 1. The van der Waals surface area contributed by atoms with Crippen LogP contribution in [0, 0.1) is 11.6 Å². The van der Waals surface area contributed by atoms with Gasteiger partial charge in [0.2, 0.25) is 10.0 Å². The third kappa shape index (κ3) is 3.14. The number of halogens is 3. The molecule has 0 bridgehead atoms. The first-order chi connectivity index (χ1) is 8.88. The van der Waals surface area contributed by atoms with Crippen molar-refractivity contribution in [1.29, 1.82) is 0 Å². The molecule has 1 aromatic carbocycles. The first kappa shape index (κ1) is 14.9. The van der Waals surface area contributed by atoms with Crippen molar-refractivity contribution >= 4 is 26.0 Å². The normalized spacial score (nSPS) is 18.7. The highest BCUT2D eigenvalue weighted by Crippen LogP contribution is 2.33. The summed E-state index contributed by atoms with van der Waals surface area (Å²) in [6, 6.07) is 2.41. The molecular formula is C12H14BrF2NO2S. The minimum absolute atomic E-state index is 0.455. The van der Waals surface area contributed by atoms with Crippen LogP contribution >= 0.6 is 15.9 Å². The van der Waals surface area contributed by atoms with E-state index < -0.39 is 32.1 Å². The molecule has 1 saturated carbocycles. The first-order valence-corrected chi connectivity index (χ1v) is 8.54. The molecule has 106 valence electrons. The molecule has 2 rings (SSSR count). The van der Waals surface area contributed by atoms with Gasteiger partial charge in [-0.05, 0) is 31.0 Å². The molecule has 0 spiro atoms. The molecule has 1 fully saturated rings. The van der Waals surface area contributed by atoms with E-state index in [2.05, 4.69) is 20.7 Å². The van der Waals surface area contributed by atoms with Crippen LogP contribution in [0.5, 0.6) is 0 Å². The van der Waals surface area contributed by atoms with Gasteiger partial charge >= 0.3 is 0 Å². The number of sulfonamides is 1. The quantitative estimate of drug-likeness (QED) is 0.845. The van der Waals surface area contributed by atoms with Crippen molar-refractivity contribution < 1.29 is 17.2 Å². The van der Waals surface area contributed by atoms with Gasteiger partial charge in [-0.3, -0.25) is 0 Å². The van der Waals surface area contributed by atoms with Crippen LogP contribution in [0.25, 0.3) is 0 Å². The smallest absolute Gasteiger partial charge is 0.207 e. The highest BCUT2D eigenvalue weighted by atomic mass is 79.9. The van der Waals surface area contributed by atoms with Crippen LogP contribution in [0.2, 0.25) is 0 Å². The summed E-state index contributed by atoms with van der Waals surface area (Å²) in [6.45, 7) is 0. The van der Waals surface area contributed by atoms with Crippen LogP contribution in [-0.2, 0) is 10.0 Å². The van der Waals surface area contributed by atoms with Gasteiger partial charge in [0, 0.05) is 10.9 Å². The van der Waals surface area contributed by atoms with E-state index >= 15 is 0 Å². The number of benzene rings is 1. The van der Waals surface area contributed by atoms with Gasteiger partial charge in [-0.2, -0.15) is 0 Å². The summed E-state index contributed by atoms with van der Waals surface area (Å²) < 4.78 is 53.6. The van der Waals surface area contributed by atoms with E-state index in [-0.39, 0.29) is 0 Å². The zero-order valence-corrected chi connectivity index (χ0v) is 12.5. The third-order valence-electron chi connectivity index (χ3n) is 3.35. The lowest BCUT2D eigenvalue weighted by Gasteiger charge is -2.27. The summed E-state index contributed by atoms with van der Waals surface area (Å²) in [5, 5.41) is 0.455. The summed E-state index contributed by atoms with van der Waals surface area (Å²) >= 11 is 3.30. The second-order valence-electron chi connectivity index (χ2n) is 4.80. The van der Waals surface area contributed by atoms with E-state index in [9.17, 15) is 17.2 Å². The van der Waals surface area contributed by atoms with Crippen molar-refractivity contribution in [2.45, 2.75) is 36.1 Å². The number of hydrogen-bond acceptors (Lipinski definition) is 2. The fraction of sp³-hybridized carbons (Fsp3) is 0.500. The fourth-order valence-electron chi connectivity index (χ4n) is 2.34. The molecule has 0 aromatic heterocycles. The van der Waals surface area contributed by atoms with Crippen LogP contribution in [0.4, 0.5) is 8.78 Å². The standard InChI is InChI=1S/C12H14BrF2NO2S/c13-8-12(5-1-2-6-12)16-19(17,18)11-7-9(14)3-4-10(11)15/h3-4,7,16H,1-2,5-6,8H2. The van der Waals surface area contributed by atoms with Crippen molar-refractivity contribution in [2.75, 3.05) is 5.33 Å². The maximum atomic E-state index is 13.6. The van der Waals surface area contributed by atoms with Gasteiger partial charge in [0.05, 0.1) is 0 Å². The maximum absolute atomic E-state index is 13.6. The summed E-state index contributed by atoms with van der Waals surface area (Å²) in [7, 11) is -4.06. The van der Waals surface area contributed by atoms with E-state index in [0.717, 1.165) is 25.0 Å². The van der Waals surface area contributed by atoms with Crippen LogP contribution < -0.4 is 4.72 Å². The maximum Gasteiger partial charge on any atom is 0.244 e. The Bertz CT molecular complexity index is 571. The molecule has 3 nitrogen and oxygen atoms in total. The van der Waals surface area contributed by atoms with E-state index in [1.807, 2.05) is 0 Å². The van der Waals surface area contributed by atoms with Gasteiger partial charge in [0.15, 0.2) is 0 Å². The van der Waals surface area contributed by atoms with E-state index in [0.29, 0.717) is 24.2 Å². The molecule has 19 heavy (non-hydrogen) atoms. The lowest BCUT2D eigenvalue weighted by atomic mass is 10.0. The SMILES string of the molecule is O=S(=O)(NC1(CBr)CCCC1)c1cc(F)ccc1F. The topological polar surface area (TPSA) is 46.2 Å². The first-order valence-electron chi connectivity index (χ1n) is 5.94. The van der Waals surface area contributed by atoms with Crippen LogP contribution in [0.1, 0.15) is 25.7 Å². The minimum atomic E-state index is -4.06. The molecule has 0 radical (unpaired) electrons. The second-order valence-corrected chi connectivity index (χ2v) is 7.01. The van der Waals surface area contributed by atoms with Crippen LogP contribution in [-0.4, -0.2) is 19.3 Å². The molecule has 0 unspecified atom stereocenters. The molecule has 0 saturated heterocycles. The molecule has 1 aliphatic rings. The summed E-state index contributed by atoms with van der Waals surface area (Å²) in [5.41, 5.74) is -0.600. The van der Waals surface area contributed by atoms with Gasteiger partial charge in [0.1, 0.15) is 16.5 Å². The van der Waals surface area contributed by atoms with Gasteiger partial charge in [-0.1, -0.05) is 28.8 Å².